The Hall–Kier alpha value is -2.33. The van der Waals surface area contributed by atoms with Crippen molar-refractivity contribution in [1.82, 2.24) is 0 Å². The van der Waals surface area contributed by atoms with Crippen LogP contribution in [0.2, 0.25) is 5.02 Å². The maximum Gasteiger partial charge on any atom is 0.242 e. The fraction of sp³-hybridized carbons (Fsp3) is 0.333. The van der Waals surface area contributed by atoms with Gasteiger partial charge >= 0.3 is 0 Å². The van der Waals surface area contributed by atoms with Crippen molar-refractivity contribution < 1.29 is 9.59 Å². The summed E-state index contributed by atoms with van der Waals surface area (Å²) in [6, 6.07) is 13.0. The first-order chi connectivity index (χ1) is 12.2. The van der Waals surface area contributed by atoms with Gasteiger partial charge in [0.25, 0.3) is 0 Å². The lowest BCUT2D eigenvalue weighted by Crippen LogP contribution is -2.47. The van der Waals surface area contributed by atoms with Crippen molar-refractivity contribution in [1.29, 1.82) is 0 Å². The molecule has 0 spiro atoms. The zero-order valence-electron chi connectivity index (χ0n) is 15.9. The molecule has 0 aliphatic rings. The lowest BCUT2D eigenvalue weighted by molar-refractivity contribution is -0.136. The van der Waals surface area contributed by atoms with E-state index >= 15 is 0 Å². The van der Waals surface area contributed by atoms with Gasteiger partial charge in [0, 0.05) is 22.9 Å². The minimum absolute atomic E-state index is 0.247. The van der Waals surface area contributed by atoms with E-state index in [2.05, 4.69) is 5.32 Å². The van der Waals surface area contributed by atoms with E-state index in [1.54, 1.807) is 30.9 Å². The van der Waals surface area contributed by atoms with Gasteiger partial charge in [0.15, 0.2) is 0 Å². The van der Waals surface area contributed by atoms with Gasteiger partial charge in [-0.1, -0.05) is 29.8 Å². The van der Waals surface area contributed by atoms with Crippen LogP contribution in [0.4, 0.5) is 11.4 Å². The van der Waals surface area contributed by atoms with Crippen molar-refractivity contribution in [3.05, 3.63) is 58.6 Å². The molecule has 0 saturated heterocycles. The van der Waals surface area contributed by atoms with Crippen LogP contribution in [0.15, 0.2) is 42.5 Å². The minimum Gasteiger partial charge on any atom is -0.325 e. The van der Waals surface area contributed by atoms with Crippen LogP contribution in [0.1, 0.15) is 31.9 Å². The number of halogens is 1. The fourth-order valence-electron chi connectivity index (χ4n) is 2.68. The molecular weight excluding hydrogens is 348 g/mol. The van der Waals surface area contributed by atoms with Crippen molar-refractivity contribution in [3.63, 3.8) is 0 Å². The van der Waals surface area contributed by atoms with Gasteiger partial charge < -0.3 is 10.2 Å². The molecule has 0 atom stereocenters. The molecular formula is C21H25ClN2O2. The Kier molecular flexibility index (Phi) is 6.09. The molecule has 0 fully saturated rings. The summed E-state index contributed by atoms with van der Waals surface area (Å²) in [6.07, 6.45) is 0. The third-order valence-electron chi connectivity index (χ3n) is 4.42. The summed E-state index contributed by atoms with van der Waals surface area (Å²) in [7, 11) is 0. The second-order valence-corrected chi connectivity index (χ2v) is 7.36. The van der Waals surface area contributed by atoms with Crippen LogP contribution in [-0.2, 0) is 9.59 Å². The van der Waals surface area contributed by atoms with Gasteiger partial charge in [0.05, 0.1) is 0 Å². The lowest BCUT2D eigenvalue weighted by Gasteiger charge is -2.30. The van der Waals surface area contributed by atoms with Crippen molar-refractivity contribution in [3.8, 4) is 0 Å². The fourth-order valence-corrected chi connectivity index (χ4v) is 2.85. The zero-order chi connectivity index (χ0) is 19.5. The molecule has 0 saturated carbocycles. The van der Waals surface area contributed by atoms with Crippen molar-refractivity contribution >= 4 is 34.8 Å². The Morgan fingerprint density at radius 3 is 2.42 bits per heavy atom. The topological polar surface area (TPSA) is 49.4 Å². The van der Waals surface area contributed by atoms with E-state index in [9.17, 15) is 9.59 Å². The number of hydrogen-bond donors (Lipinski definition) is 1. The summed E-state index contributed by atoms with van der Waals surface area (Å²) in [5.74, 6) is -0.609. The molecule has 2 aromatic carbocycles. The summed E-state index contributed by atoms with van der Waals surface area (Å²) in [6.45, 7) is 9.52. The summed E-state index contributed by atoms with van der Waals surface area (Å²) in [5, 5.41) is 3.38. The first-order valence-electron chi connectivity index (χ1n) is 8.63. The predicted octanol–water partition coefficient (Wildman–Crippen LogP) is 4.97. The van der Waals surface area contributed by atoms with Crippen LogP contribution in [0.5, 0.6) is 0 Å². The highest BCUT2D eigenvalue weighted by atomic mass is 35.5. The average molecular weight is 373 g/mol. The Morgan fingerprint density at radius 1 is 1.12 bits per heavy atom. The maximum absolute atomic E-state index is 13.1. The number of aryl methyl sites for hydroxylation is 2. The molecule has 0 unspecified atom stereocenters. The van der Waals surface area contributed by atoms with Gasteiger partial charge in [-0.15, -0.1) is 0 Å². The molecule has 138 valence electrons. The molecule has 26 heavy (non-hydrogen) atoms. The van der Waals surface area contributed by atoms with Crippen LogP contribution in [0.3, 0.4) is 0 Å². The molecule has 0 aliphatic heterocycles. The zero-order valence-corrected chi connectivity index (χ0v) is 16.6. The van der Waals surface area contributed by atoms with E-state index in [1.165, 1.54) is 0 Å². The van der Waals surface area contributed by atoms with E-state index in [0.29, 0.717) is 17.3 Å². The molecule has 0 heterocycles. The third-order valence-corrected chi connectivity index (χ3v) is 4.66. The number of nitrogens with zero attached hydrogens (tertiary/aromatic N) is 1. The van der Waals surface area contributed by atoms with Gasteiger partial charge in [-0.25, -0.2) is 0 Å². The largest absolute Gasteiger partial charge is 0.325 e. The number of anilines is 2. The van der Waals surface area contributed by atoms with Crippen LogP contribution in [0.25, 0.3) is 0 Å². The van der Waals surface area contributed by atoms with E-state index in [1.807, 2.05) is 51.1 Å². The highest BCUT2D eigenvalue weighted by Gasteiger charge is 2.39. The predicted molar refractivity (Wildman–Crippen MR) is 108 cm³/mol. The first-order valence-corrected chi connectivity index (χ1v) is 9.01. The lowest BCUT2D eigenvalue weighted by atomic mass is 9.89. The van der Waals surface area contributed by atoms with E-state index in [0.717, 1.165) is 16.8 Å². The summed E-state index contributed by atoms with van der Waals surface area (Å²) < 4.78 is 0. The molecule has 0 aromatic heterocycles. The second-order valence-electron chi connectivity index (χ2n) is 6.93. The first kappa shape index (κ1) is 20.0. The molecule has 0 bridgehead atoms. The molecule has 0 radical (unpaired) electrons. The Bertz CT molecular complexity index is 831. The van der Waals surface area contributed by atoms with Gasteiger partial charge in [0.1, 0.15) is 5.41 Å². The van der Waals surface area contributed by atoms with Crippen LogP contribution in [0, 0.1) is 19.3 Å². The number of amides is 2. The summed E-state index contributed by atoms with van der Waals surface area (Å²) >= 11 is 6.02. The number of carbonyl (C=O) groups excluding carboxylic acids is 2. The van der Waals surface area contributed by atoms with E-state index in [-0.39, 0.29) is 11.8 Å². The number of carbonyl (C=O) groups is 2. The standard InChI is InChI=1S/C21H25ClN2O2/c1-6-24(17-9-7-8-14(2)12-17)20(26)21(4,5)19(25)23-18-13-16(22)11-10-15(18)3/h7-13H,6H2,1-5H3,(H,23,25). The average Bonchev–Trinajstić information content (AvgIpc) is 2.58. The van der Waals surface area contributed by atoms with E-state index < -0.39 is 5.41 Å². The number of nitrogens with one attached hydrogen (secondary N) is 1. The van der Waals surface area contributed by atoms with Crippen LogP contribution >= 0.6 is 11.6 Å². The maximum atomic E-state index is 13.1. The Morgan fingerprint density at radius 2 is 1.81 bits per heavy atom. The van der Waals surface area contributed by atoms with Gasteiger partial charge in [-0.3, -0.25) is 9.59 Å². The van der Waals surface area contributed by atoms with Crippen LogP contribution in [-0.4, -0.2) is 18.4 Å². The third kappa shape index (κ3) is 4.25. The number of benzene rings is 2. The molecule has 2 rings (SSSR count). The summed E-state index contributed by atoms with van der Waals surface area (Å²) in [5.41, 5.74) is 2.12. The monoisotopic (exact) mass is 372 g/mol. The van der Waals surface area contributed by atoms with Gasteiger partial charge in [-0.05, 0) is 70.0 Å². The second kappa shape index (κ2) is 7.92. The molecule has 4 nitrogen and oxygen atoms in total. The molecule has 0 aliphatic carbocycles. The SMILES string of the molecule is CCN(C(=O)C(C)(C)C(=O)Nc1cc(Cl)ccc1C)c1cccc(C)c1. The van der Waals surface area contributed by atoms with Crippen molar-refractivity contribution in [2.24, 2.45) is 5.41 Å². The molecule has 5 heteroatoms. The van der Waals surface area contributed by atoms with Crippen molar-refractivity contribution in [2.45, 2.75) is 34.6 Å². The summed E-state index contributed by atoms with van der Waals surface area (Å²) in [4.78, 5) is 27.6. The quantitative estimate of drug-likeness (QED) is 0.753. The molecule has 2 aromatic rings. The Labute approximate surface area is 160 Å². The highest BCUT2D eigenvalue weighted by Crippen LogP contribution is 2.28. The molecule has 2 amide bonds. The van der Waals surface area contributed by atoms with Gasteiger partial charge in [-0.2, -0.15) is 0 Å². The van der Waals surface area contributed by atoms with E-state index in [4.69, 9.17) is 11.6 Å². The normalized spacial score (nSPS) is 11.2. The molecule has 1 N–H and O–H groups in total. The number of hydrogen-bond acceptors (Lipinski definition) is 2. The van der Waals surface area contributed by atoms with Crippen LogP contribution < -0.4 is 10.2 Å². The number of rotatable bonds is 5. The Balaban J connectivity index is 2.27. The van der Waals surface area contributed by atoms with Crippen molar-refractivity contribution in [2.75, 3.05) is 16.8 Å². The van der Waals surface area contributed by atoms with Gasteiger partial charge in [0.2, 0.25) is 11.8 Å². The smallest absolute Gasteiger partial charge is 0.242 e. The minimum atomic E-state index is -1.23. The highest BCUT2D eigenvalue weighted by molar-refractivity contribution is 6.31.